The van der Waals surface area contributed by atoms with Crippen molar-refractivity contribution in [2.24, 2.45) is 0 Å². The Kier molecular flexibility index (Phi) is 3.64. The maximum Gasteiger partial charge on any atom is 0.302 e. The zero-order chi connectivity index (χ0) is 14.9. The van der Waals surface area contributed by atoms with Gasteiger partial charge in [0.15, 0.2) is 11.2 Å². The van der Waals surface area contributed by atoms with E-state index in [1.54, 1.807) is 6.92 Å². The monoisotopic (exact) mass is 277 g/mol. The lowest BCUT2D eigenvalue weighted by molar-refractivity contribution is -0.146. The van der Waals surface area contributed by atoms with Crippen molar-refractivity contribution in [2.45, 2.75) is 32.8 Å². The molecule has 0 aliphatic carbocycles. The van der Waals surface area contributed by atoms with E-state index in [1.165, 1.54) is 13.1 Å². The van der Waals surface area contributed by atoms with Crippen molar-refractivity contribution in [3.05, 3.63) is 22.2 Å². The molecule has 2 aromatic heterocycles. The Morgan fingerprint density at radius 2 is 2.10 bits per heavy atom. The van der Waals surface area contributed by atoms with Crippen LogP contribution in [0.5, 0.6) is 0 Å². The SMILES string of the molecule is CC(=O)O[C@@H](C)[C@H](C)c1cnc2nc(N)[nH]c(=O)c2n1. The topological polar surface area (TPSA) is 124 Å². The first-order valence-corrected chi connectivity index (χ1v) is 6.08. The fraction of sp³-hybridized carbons (Fsp3) is 0.417. The summed E-state index contributed by atoms with van der Waals surface area (Å²) in [5.74, 6) is -0.580. The molecule has 0 aliphatic heterocycles. The highest BCUT2D eigenvalue weighted by Gasteiger charge is 2.20. The van der Waals surface area contributed by atoms with Crippen LogP contribution in [0.3, 0.4) is 0 Å². The van der Waals surface area contributed by atoms with Crippen LogP contribution in [0.4, 0.5) is 5.95 Å². The van der Waals surface area contributed by atoms with E-state index in [0.29, 0.717) is 5.69 Å². The first-order valence-electron chi connectivity index (χ1n) is 6.08. The molecular formula is C12H15N5O3. The van der Waals surface area contributed by atoms with Crippen LogP contribution in [-0.4, -0.2) is 32.0 Å². The van der Waals surface area contributed by atoms with Crippen molar-refractivity contribution < 1.29 is 9.53 Å². The number of rotatable bonds is 3. The Balaban J connectivity index is 2.41. The van der Waals surface area contributed by atoms with Gasteiger partial charge in [0.2, 0.25) is 5.95 Å². The summed E-state index contributed by atoms with van der Waals surface area (Å²) in [7, 11) is 0. The summed E-state index contributed by atoms with van der Waals surface area (Å²) in [5.41, 5.74) is 5.82. The minimum atomic E-state index is -0.450. The number of H-pyrrole nitrogens is 1. The second-order valence-corrected chi connectivity index (χ2v) is 4.52. The van der Waals surface area contributed by atoms with Gasteiger partial charge in [0.25, 0.3) is 5.56 Å². The average molecular weight is 277 g/mol. The molecule has 2 atom stereocenters. The predicted octanol–water partition coefficient (Wildman–Crippen LogP) is 0.350. The van der Waals surface area contributed by atoms with E-state index in [1.807, 2.05) is 6.92 Å². The number of esters is 1. The number of nitrogens with one attached hydrogen (secondary N) is 1. The number of nitrogens with two attached hydrogens (primary N) is 1. The third kappa shape index (κ3) is 2.73. The third-order valence-electron chi connectivity index (χ3n) is 2.98. The van der Waals surface area contributed by atoms with E-state index in [2.05, 4.69) is 19.9 Å². The molecule has 0 aliphatic rings. The summed E-state index contributed by atoms with van der Waals surface area (Å²) in [6.07, 6.45) is 1.12. The number of aromatic nitrogens is 4. The number of nitrogens with zero attached hydrogens (tertiary/aromatic N) is 3. The Hall–Kier alpha value is -2.51. The fourth-order valence-electron chi connectivity index (χ4n) is 1.77. The normalized spacial score (nSPS) is 13.9. The number of carbonyl (C=O) groups is 1. The Morgan fingerprint density at radius 3 is 2.75 bits per heavy atom. The van der Waals surface area contributed by atoms with Gasteiger partial charge in [-0.15, -0.1) is 0 Å². The standard InChI is InChI=1S/C12H15N5O3/c1-5(6(2)20-7(3)18)8-4-14-10-9(15-8)11(19)17-12(13)16-10/h4-6H,1-3H3,(H3,13,14,16,17,19)/t5-,6-/m0/s1. The van der Waals surface area contributed by atoms with Gasteiger partial charge in [0.1, 0.15) is 6.10 Å². The summed E-state index contributed by atoms with van der Waals surface area (Å²) >= 11 is 0. The van der Waals surface area contributed by atoms with E-state index in [0.717, 1.165) is 0 Å². The molecule has 0 fully saturated rings. The lowest BCUT2D eigenvalue weighted by atomic mass is 10.0. The highest BCUT2D eigenvalue weighted by Crippen LogP contribution is 2.19. The van der Waals surface area contributed by atoms with E-state index >= 15 is 0 Å². The van der Waals surface area contributed by atoms with E-state index in [-0.39, 0.29) is 35.1 Å². The number of aromatic amines is 1. The van der Waals surface area contributed by atoms with E-state index < -0.39 is 5.56 Å². The van der Waals surface area contributed by atoms with Gasteiger partial charge in [-0.1, -0.05) is 6.92 Å². The van der Waals surface area contributed by atoms with Gasteiger partial charge in [0, 0.05) is 12.8 Å². The highest BCUT2D eigenvalue weighted by molar-refractivity contribution is 5.69. The van der Waals surface area contributed by atoms with Crippen LogP contribution < -0.4 is 11.3 Å². The van der Waals surface area contributed by atoms with Crippen LogP contribution in [0.25, 0.3) is 11.2 Å². The van der Waals surface area contributed by atoms with Crippen molar-refractivity contribution in [3.8, 4) is 0 Å². The van der Waals surface area contributed by atoms with Crippen LogP contribution in [-0.2, 0) is 9.53 Å². The van der Waals surface area contributed by atoms with Gasteiger partial charge in [-0.2, -0.15) is 4.98 Å². The number of ether oxygens (including phenoxy) is 1. The van der Waals surface area contributed by atoms with Crippen molar-refractivity contribution in [3.63, 3.8) is 0 Å². The molecule has 0 saturated carbocycles. The summed E-state index contributed by atoms with van der Waals surface area (Å²) in [5, 5.41) is 0. The molecule has 0 aromatic carbocycles. The fourth-order valence-corrected chi connectivity index (χ4v) is 1.77. The second-order valence-electron chi connectivity index (χ2n) is 4.52. The molecule has 3 N–H and O–H groups in total. The number of fused-ring (bicyclic) bond motifs is 1. The molecule has 2 aromatic rings. The maximum absolute atomic E-state index is 11.8. The first-order chi connectivity index (χ1) is 9.38. The van der Waals surface area contributed by atoms with Crippen LogP contribution in [0.15, 0.2) is 11.0 Å². The Bertz CT molecular complexity index is 712. The number of nitrogen functional groups attached to an aromatic ring is 1. The number of anilines is 1. The number of carbonyl (C=O) groups excluding carboxylic acids is 1. The van der Waals surface area contributed by atoms with E-state index in [9.17, 15) is 9.59 Å². The molecule has 0 unspecified atom stereocenters. The smallest absolute Gasteiger partial charge is 0.302 e. The molecule has 8 nitrogen and oxygen atoms in total. The molecule has 2 heterocycles. The zero-order valence-corrected chi connectivity index (χ0v) is 11.4. The molecule has 0 amide bonds. The molecular weight excluding hydrogens is 262 g/mol. The highest BCUT2D eigenvalue weighted by atomic mass is 16.5. The lowest BCUT2D eigenvalue weighted by Crippen LogP contribution is -2.21. The Labute approximate surface area is 114 Å². The van der Waals surface area contributed by atoms with Crippen molar-refractivity contribution >= 4 is 23.1 Å². The van der Waals surface area contributed by atoms with Gasteiger partial charge in [0.05, 0.1) is 11.9 Å². The molecule has 0 bridgehead atoms. The van der Waals surface area contributed by atoms with Gasteiger partial charge in [-0.25, -0.2) is 9.97 Å². The first kappa shape index (κ1) is 13.9. The van der Waals surface area contributed by atoms with Crippen molar-refractivity contribution in [1.29, 1.82) is 0 Å². The largest absolute Gasteiger partial charge is 0.462 e. The summed E-state index contributed by atoms with van der Waals surface area (Å²) < 4.78 is 5.10. The minimum Gasteiger partial charge on any atom is -0.462 e. The molecule has 2 rings (SSSR count). The zero-order valence-electron chi connectivity index (χ0n) is 11.4. The van der Waals surface area contributed by atoms with Crippen LogP contribution >= 0.6 is 0 Å². The van der Waals surface area contributed by atoms with E-state index in [4.69, 9.17) is 10.5 Å². The molecule has 8 heteroatoms. The third-order valence-corrected chi connectivity index (χ3v) is 2.98. The maximum atomic E-state index is 11.8. The van der Waals surface area contributed by atoms with Gasteiger partial charge in [-0.3, -0.25) is 14.6 Å². The van der Waals surface area contributed by atoms with Crippen LogP contribution in [0.1, 0.15) is 32.4 Å². The van der Waals surface area contributed by atoms with Crippen molar-refractivity contribution in [1.82, 2.24) is 19.9 Å². The molecule has 0 saturated heterocycles. The summed E-state index contributed by atoms with van der Waals surface area (Å²) in [4.78, 5) is 37.3. The number of hydrogen-bond donors (Lipinski definition) is 2. The summed E-state index contributed by atoms with van der Waals surface area (Å²) in [6, 6.07) is 0. The molecule has 106 valence electrons. The lowest BCUT2D eigenvalue weighted by Gasteiger charge is -2.18. The molecule has 20 heavy (non-hydrogen) atoms. The number of hydrogen-bond acceptors (Lipinski definition) is 7. The Morgan fingerprint density at radius 1 is 1.40 bits per heavy atom. The van der Waals surface area contributed by atoms with Gasteiger partial charge >= 0.3 is 5.97 Å². The second kappa shape index (κ2) is 5.24. The van der Waals surface area contributed by atoms with Crippen LogP contribution in [0, 0.1) is 0 Å². The quantitative estimate of drug-likeness (QED) is 0.775. The molecule has 0 radical (unpaired) electrons. The van der Waals surface area contributed by atoms with Crippen LogP contribution in [0.2, 0.25) is 0 Å². The average Bonchev–Trinajstić information content (AvgIpc) is 2.36. The summed E-state index contributed by atoms with van der Waals surface area (Å²) in [6.45, 7) is 4.93. The minimum absolute atomic E-state index is 0.00844. The van der Waals surface area contributed by atoms with Gasteiger partial charge < -0.3 is 10.5 Å². The molecule has 0 spiro atoms. The van der Waals surface area contributed by atoms with Gasteiger partial charge in [-0.05, 0) is 6.92 Å². The van der Waals surface area contributed by atoms with Crippen molar-refractivity contribution in [2.75, 3.05) is 5.73 Å². The predicted molar refractivity (Wildman–Crippen MR) is 72.0 cm³/mol.